The average Bonchev–Trinajstić information content (AvgIpc) is 2.51. The topological polar surface area (TPSA) is 74.0 Å². The lowest BCUT2D eigenvalue weighted by molar-refractivity contribution is -0.120. The zero-order chi connectivity index (χ0) is 13.9. The van der Waals surface area contributed by atoms with E-state index in [0.29, 0.717) is 17.1 Å². The van der Waals surface area contributed by atoms with Gasteiger partial charge in [0.15, 0.2) is 0 Å². The van der Waals surface area contributed by atoms with Crippen LogP contribution in [0.25, 0.3) is 0 Å². The Labute approximate surface area is 107 Å². The maximum atomic E-state index is 11.7. The molecule has 1 amide bonds. The maximum Gasteiger partial charge on any atom is 0.239 e. The van der Waals surface area contributed by atoms with Crippen LogP contribution in [0.2, 0.25) is 0 Å². The Morgan fingerprint density at radius 1 is 1.61 bits per heavy atom. The van der Waals surface area contributed by atoms with Crippen molar-refractivity contribution >= 4 is 11.7 Å². The molecule has 18 heavy (non-hydrogen) atoms. The Bertz CT molecular complexity index is 483. The van der Waals surface area contributed by atoms with Crippen LogP contribution in [0.15, 0.2) is 0 Å². The number of nitriles is 1. The monoisotopic (exact) mass is 249 g/mol. The van der Waals surface area contributed by atoms with E-state index in [9.17, 15) is 4.79 Å². The van der Waals surface area contributed by atoms with E-state index in [4.69, 9.17) is 5.26 Å². The third-order valence-electron chi connectivity index (χ3n) is 2.50. The number of nitrogens with one attached hydrogen (secondary N) is 1. The fraction of sp³-hybridized carbons (Fsp3) is 0.583. The number of likely N-dealkylation sites (N-methyl/N-ethyl adjacent to an activating group) is 1. The molecule has 1 rings (SSSR count). The predicted octanol–water partition coefficient (Wildman–Crippen LogP) is 0.561. The van der Waals surface area contributed by atoms with E-state index in [1.165, 1.54) is 0 Å². The van der Waals surface area contributed by atoms with Crippen molar-refractivity contribution in [3.63, 3.8) is 0 Å². The van der Waals surface area contributed by atoms with Crippen LogP contribution in [0, 0.1) is 18.3 Å². The predicted molar refractivity (Wildman–Crippen MR) is 69.2 cm³/mol. The Morgan fingerprint density at radius 2 is 2.22 bits per heavy atom. The van der Waals surface area contributed by atoms with Crippen LogP contribution < -0.4 is 10.2 Å². The van der Waals surface area contributed by atoms with Crippen molar-refractivity contribution in [3.8, 4) is 6.07 Å². The van der Waals surface area contributed by atoms with Gasteiger partial charge < -0.3 is 10.2 Å². The third-order valence-corrected chi connectivity index (χ3v) is 2.50. The quantitative estimate of drug-likeness (QED) is 0.846. The van der Waals surface area contributed by atoms with E-state index >= 15 is 0 Å². The lowest BCUT2D eigenvalue weighted by atomic mass is 10.2. The van der Waals surface area contributed by atoms with E-state index in [-0.39, 0.29) is 18.5 Å². The van der Waals surface area contributed by atoms with Gasteiger partial charge in [-0.25, -0.2) is 0 Å². The van der Waals surface area contributed by atoms with E-state index in [0.717, 1.165) is 0 Å². The molecule has 0 radical (unpaired) electrons. The van der Waals surface area contributed by atoms with Gasteiger partial charge in [0.25, 0.3) is 0 Å². The van der Waals surface area contributed by atoms with Crippen molar-refractivity contribution in [2.45, 2.75) is 26.8 Å². The number of anilines is 1. The molecule has 1 aromatic heterocycles. The summed E-state index contributed by atoms with van der Waals surface area (Å²) in [5.74, 6) is 0.587. The minimum absolute atomic E-state index is 0.0738. The molecule has 0 bridgehead atoms. The number of aryl methyl sites for hydroxylation is 2. The molecule has 0 fully saturated rings. The summed E-state index contributed by atoms with van der Waals surface area (Å²) in [6.45, 7) is 5.80. The summed E-state index contributed by atoms with van der Waals surface area (Å²) in [5.41, 5.74) is 1.18. The van der Waals surface area contributed by atoms with Crippen molar-refractivity contribution < 1.29 is 4.79 Å². The molecule has 0 saturated carbocycles. The Hall–Kier alpha value is -2.03. The number of hydrogen-bond donors (Lipinski definition) is 1. The number of hydrogen-bond acceptors (Lipinski definition) is 4. The third kappa shape index (κ3) is 3.00. The van der Waals surface area contributed by atoms with Gasteiger partial charge in [0.05, 0.1) is 12.2 Å². The zero-order valence-corrected chi connectivity index (χ0v) is 11.5. The van der Waals surface area contributed by atoms with Crippen LogP contribution in [0.3, 0.4) is 0 Å². The van der Waals surface area contributed by atoms with Crippen molar-refractivity contribution in [1.29, 1.82) is 5.26 Å². The van der Waals surface area contributed by atoms with E-state index < -0.39 is 0 Å². The zero-order valence-electron chi connectivity index (χ0n) is 11.5. The average molecular weight is 249 g/mol. The smallest absolute Gasteiger partial charge is 0.239 e. The normalized spacial score (nSPS) is 10.3. The number of carbonyl (C=O) groups excluding carboxylic acids is 1. The van der Waals surface area contributed by atoms with Gasteiger partial charge >= 0.3 is 0 Å². The summed E-state index contributed by atoms with van der Waals surface area (Å²) >= 11 is 0. The molecule has 6 nitrogen and oxygen atoms in total. The molecular formula is C12H19N5O. The number of amides is 1. The first-order chi connectivity index (χ1) is 8.36. The van der Waals surface area contributed by atoms with Crippen LogP contribution in [-0.4, -0.2) is 35.3 Å². The molecule has 0 saturated heterocycles. The van der Waals surface area contributed by atoms with Gasteiger partial charge in [-0.1, -0.05) is 0 Å². The molecule has 1 N–H and O–H groups in total. The summed E-state index contributed by atoms with van der Waals surface area (Å²) in [7, 11) is 3.54. The van der Waals surface area contributed by atoms with Crippen molar-refractivity contribution in [1.82, 2.24) is 15.1 Å². The van der Waals surface area contributed by atoms with Crippen molar-refractivity contribution in [3.05, 3.63) is 11.3 Å². The molecule has 6 heteroatoms. The second kappa shape index (κ2) is 5.54. The first-order valence-electron chi connectivity index (χ1n) is 5.81. The summed E-state index contributed by atoms with van der Waals surface area (Å²) < 4.78 is 1.62. The van der Waals surface area contributed by atoms with Gasteiger partial charge in [-0.3, -0.25) is 9.48 Å². The summed E-state index contributed by atoms with van der Waals surface area (Å²) in [5, 5.41) is 16.1. The lowest BCUT2D eigenvalue weighted by Gasteiger charge is -2.19. The van der Waals surface area contributed by atoms with Crippen LogP contribution >= 0.6 is 0 Å². The second-order valence-electron chi connectivity index (χ2n) is 4.60. The minimum Gasteiger partial charge on any atom is -0.352 e. The molecule has 0 atom stereocenters. The summed E-state index contributed by atoms with van der Waals surface area (Å²) in [6.07, 6.45) is 0. The SMILES string of the molecule is Cc1nn(C)c(N(C)CC(=O)NC(C)C)c1C#N. The van der Waals surface area contributed by atoms with Crippen LogP contribution in [0.5, 0.6) is 0 Å². The summed E-state index contributed by atoms with van der Waals surface area (Å²) in [6, 6.07) is 2.23. The Balaban J connectivity index is 2.88. The largest absolute Gasteiger partial charge is 0.352 e. The van der Waals surface area contributed by atoms with Crippen LogP contribution in [0.4, 0.5) is 5.82 Å². The Morgan fingerprint density at radius 3 is 2.72 bits per heavy atom. The molecule has 0 aliphatic carbocycles. The molecule has 0 unspecified atom stereocenters. The highest BCUT2D eigenvalue weighted by Gasteiger charge is 2.18. The van der Waals surface area contributed by atoms with Gasteiger partial charge in [0.1, 0.15) is 17.5 Å². The van der Waals surface area contributed by atoms with E-state index in [1.807, 2.05) is 13.8 Å². The summed E-state index contributed by atoms with van der Waals surface area (Å²) in [4.78, 5) is 13.4. The fourth-order valence-corrected chi connectivity index (χ4v) is 1.87. The highest BCUT2D eigenvalue weighted by atomic mass is 16.2. The van der Waals surface area contributed by atoms with Gasteiger partial charge in [-0.2, -0.15) is 10.4 Å². The number of aromatic nitrogens is 2. The number of nitrogens with zero attached hydrogens (tertiary/aromatic N) is 4. The molecule has 98 valence electrons. The van der Waals surface area contributed by atoms with E-state index in [1.54, 1.807) is 30.6 Å². The van der Waals surface area contributed by atoms with Gasteiger partial charge in [0, 0.05) is 20.1 Å². The molecular weight excluding hydrogens is 230 g/mol. The molecule has 1 heterocycles. The lowest BCUT2D eigenvalue weighted by Crippen LogP contribution is -2.39. The minimum atomic E-state index is -0.0738. The van der Waals surface area contributed by atoms with E-state index in [2.05, 4.69) is 16.5 Å². The second-order valence-corrected chi connectivity index (χ2v) is 4.60. The molecule has 0 aliphatic heterocycles. The van der Waals surface area contributed by atoms with Crippen molar-refractivity contribution in [2.75, 3.05) is 18.5 Å². The standard InChI is InChI=1S/C12H19N5O/c1-8(2)14-11(18)7-16(4)12-10(6-13)9(3)15-17(12)5/h8H,7H2,1-5H3,(H,14,18). The van der Waals surface area contributed by atoms with Gasteiger partial charge in [-0.15, -0.1) is 0 Å². The highest BCUT2D eigenvalue weighted by Crippen LogP contribution is 2.20. The molecule has 1 aromatic rings. The van der Waals surface area contributed by atoms with Gasteiger partial charge in [-0.05, 0) is 20.8 Å². The first kappa shape index (κ1) is 14.0. The first-order valence-corrected chi connectivity index (χ1v) is 5.81. The highest BCUT2D eigenvalue weighted by molar-refractivity contribution is 5.81. The number of rotatable bonds is 4. The Kier molecular flexibility index (Phi) is 4.32. The molecule has 0 spiro atoms. The van der Waals surface area contributed by atoms with Crippen LogP contribution in [0.1, 0.15) is 25.1 Å². The molecule has 0 aromatic carbocycles. The van der Waals surface area contributed by atoms with Gasteiger partial charge in [0.2, 0.25) is 5.91 Å². The maximum absolute atomic E-state index is 11.7. The van der Waals surface area contributed by atoms with Crippen molar-refractivity contribution in [2.24, 2.45) is 7.05 Å². The number of carbonyl (C=O) groups is 1. The fourth-order valence-electron chi connectivity index (χ4n) is 1.87. The molecule has 0 aliphatic rings. The van der Waals surface area contributed by atoms with Crippen LogP contribution in [-0.2, 0) is 11.8 Å².